The van der Waals surface area contributed by atoms with Crippen LogP contribution >= 0.6 is 0 Å². The highest BCUT2D eigenvalue weighted by atomic mass is 19.1. The van der Waals surface area contributed by atoms with Crippen molar-refractivity contribution in [2.24, 2.45) is 5.92 Å². The molecule has 8 heteroatoms. The number of carbonyl (C=O) groups excluding carboxylic acids is 1. The van der Waals surface area contributed by atoms with Gasteiger partial charge in [-0.15, -0.1) is 0 Å². The minimum absolute atomic E-state index is 0.0248. The zero-order chi connectivity index (χ0) is 21.1. The van der Waals surface area contributed by atoms with E-state index in [4.69, 9.17) is 5.73 Å². The molecule has 2 aromatic heterocycles. The molecule has 30 heavy (non-hydrogen) atoms. The van der Waals surface area contributed by atoms with Gasteiger partial charge in [-0.1, -0.05) is 0 Å². The van der Waals surface area contributed by atoms with Crippen molar-refractivity contribution in [2.45, 2.75) is 19.3 Å². The second kappa shape index (κ2) is 8.52. The highest BCUT2D eigenvalue weighted by molar-refractivity contribution is 5.80. The first-order chi connectivity index (χ1) is 14.5. The average molecular weight is 409 g/mol. The van der Waals surface area contributed by atoms with Gasteiger partial charge in [0.1, 0.15) is 17.5 Å². The number of benzene rings is 1. The van der Waals surface area contributed by atoms with Crippen LogP contribution in [0.1, 0.15) is 17.9 Å². The van der Waals surface area contributed by atoms with Crippen molar-refractivity contribution < 1.29 is 13.6 Å². The van der Waals surface area contributed by atoms with Crippen molar-refractivity contribution >= 4 is 11.6 Å². The first kappa shape index (κ1) is 19.9. The molecule has 0 spiro atoms. The monoisotopic (exact) mass is 409 g/mol. The van der Waals surface area contributed by atoms with Crippen LogP contribution in [0, 0.1) is 17.6 Å². The standard InChI is InChI=1S/C22H21F2N5O/c23-15-2-3-16(17(24)11-15)19-5-4-18(25)20(28-19)12-22(30)29-9-6-14(13-29)10-21-26-7-1-8-27-21/h1-5,7-8,11,14H,6,9-10,12-13,25H2/t14-/m0/s1. The number of hydrogen-bond acceptors (Lipinski definition) is 5. The Labute approximate surface area is 172 Å². The Kier molecular flexibility index (Phi) is 5.65. The van der Waals surface area contributed by atoms with Gasteiger partial charge in [0.05, 0.1) is 23.5 Å². The van der Waals surface area contributed by atoms with Gasteiger partial charge in [0.25, 0.3) is 0 Å². The number of halogens is 2. The third-order valence-corrected chi connectivity index (χ3v) is 5.26. The van der Waals surface area contributed by atoms with Crippen LogP contribution < -0.4 is 5.73 Å². The molecule has 3 heterocycles. The van der Waals surface area contributed by atoms with E-state index in [0.29, 0.717) is 36.1 Å². The molecule has 1 aliphatic heterocycles. The second-order valence-corrected chi connectivity index (χ2v) is 7.40. The summed E-state index contributed by atoms with van der Waals surface area (Å²) >= 11 is 0. The molecule has 1 fully saturated rings. The maximum Gasteiger partial charge on any atom is 0.228 e. The number of amides is 1. The molecule has 4 rings (SSSR count). The predicted molar refractivity (Wildman–Crippen MR) is 108 cm³/mol. The van der Waals surface area contributed by atoms with Crippen molar-refractivity contribution in [1.29, 1.82) is 0 Å². The van der Waals surface area contributed by atoms with Crippen LogP contribution in [0.3, 0.4) is 0 Å². The van der Waals surface area contributed by atoms with E-state index in [2.05, 4.69) is 15.0 Å². The van der Waals surface area contributed by atoms with E-state index in [9.17, 15) is 13.6 Å². The summed E-state index contributed by atoms with van der Waals surface area (Å²) in [5.41, 5.74) is 7.22. The SMILES string of the molecule is Nc1ccc(-c2ccc(F)cc2F)nc1CC(=O)N1CC[C@@H](Cc2ncccn2)C1. The Balaban J connectivity index is 1.44. The summed E-state index contributed by atoms with van der Waals surface area (Å²) in [6.45, 7) is 1.28. The molecule has 1 amide bonds. The van der Waals surface area contributed by atoms with Crippen LogP contribution in [0.2, 0.25) is 0 Å². The third-order valence-electron chi connectivity index (χ3n) is 5.26. The summed E-state index contributed by atoms with van der Waals surface area (Å²) in [4.78, 5) is 27.5. The normalized spacial score (nSPS) is 16.1. The van der Waals surface area contributed by atoms with Crippen molar-refractivity contribution in [3.63, 3.8) is 0 Å². The molecule has 154 valence electrons. The molecule has 1 saturated heterocycles. The number of nitrogens with two attached hydrogens (primary N) is 1. The first-order valence-electron chi connectivity index (χ1n) is 9.74. The molecule has 3 aromatic rings. The maximum atomic E-state index is 14.1. The lowest BCUT2D eigenvalue weighted by Crippen LogP contribution is -2.31. The topological polar surface area (TPSA) is 85.0 Å². The molecule has 2 N–H and O–H groups in total. The molecule has 0 bridgehead atoms. The van der Waals surface area contributed by atoms with E-state index >= 15 is 0 Å². The van der Waals surface area contributed by atoms with Crippen molar-refractivity contribution in [3.8, 4) is 11.3 Å². The fourth-order valence-electron chi connectivity index (χ4n) is 3.68. The summed E-state index contributed by atoms with van der Waals surface area (Å²) in [6, 6.07) is 8.22. The van der Waals surface area contributed by atoms with Gasteiger partial charge in [-0.25, -0.2) is 18.7 Å². The maximum absolute atomic E-state index is 14.1. The largest absolute Gasteiger partial charge is 0.397 e. The molecule has 1 atom stereocenters. The molecule has 1 aliphatic rings. The molecule has 1 aromatic carbocycles. The summed E-state index contributed by atoms with van der Waals surface area (Å²) < 4.78 is 27.3. The number of hydrogen-bond donors (Lipinski definition) is 1. The van der Waals surface area contributed by atoms with Crippen LogP contribution in [-0.2, 0) is 17.6 Å². The molecule has 0 aliphatic carbocycles. The molecule has 0 radical (unpaired) electrons. The Morgan fingerprint density at radius 3 is 2.73 bits per heavy atom. The van der Waals surface area contributed by atoms with Crippen molar-refractivity contribution in [2.75, 3.05) is 18.8 Å². The Hall–Kier alpha value is -3.42. The van der Waals surface area contributed by atoms with Crippen LogP contribution in [0.15, 0.2) is 48.8 Å². The number of likely N-dealkylation sites (tertiary alicyclic amines) is 1. The van der Waals surface area contributed by atoms with Gasteiger partial charge in [-0.2, -0.15) is 0 Å². The Bertz CT molecular complexity index is 1060. The van der Waals surface area contributed by atoms with E-state index < -0.39 is 11.6 Å². The van der Waals surface area contributed by atoms with Crippen LogP contribution in [0.5, 0.6) is 0 Å². The number of rotatable bonds is 5. The predicted octanol–water partition coefficient (Wildman–Crippen LogP) is 3.03. The number of carbonyl (C=O) groups is 1. The number of nitrogens with zero attached hydrogens (tertiary/aromatic N) is 4. The quantitative estimate of drug-likeness (QED) is 0.700. The minimum atomic E-state index is -0.713. The van der Waals surface area contributed by atoms with E-state index in [0.717, 1.165) is 24.7 Å². The number of anilines is 1. The number of nitrogen functional groups attached to an aromatic ring is 1. The van der Waals surface area contributed by atoms with Crippen molar-refractivity contribution in [1.82, 2.24) is 19.9 Å². The van der Waals surface area contributed by atoms with Crippen LogP contribution in [0.4, 0.5) is 14.5 Å². The van der Waals surface area contributed by atoms with E-state index in [1.165, 1.54) is 12.1 Å². The summed E-state index contributed by atoms with van der Waals surface area (Å²) in [7, 11) is 0. The second-order valence-electron chi connectivity index (χ2n) is 7.40. The summed E-state index contributed by atoms with van der Waals surface area (Å²) in [5, 5.41) is 0. The van der Waals surface area contributed by atoms with Gasteiger partial charge >= 0.3 is 0 Å². The van der Waals surface area contributed by atoms with Crippen LogP contribution in [0.25, 0.3) is 11.3 Å². The van der Waals surface area contributed by atoms with Gasteiger partial charge in [0.15, 0.2) is 0 Å². The molecule has 0 saturated carbocycles. The fourth-order valence-corrected chi connectivity index (χ4v) is 3.68. The summed E-state index contributed by atoms with van der Waals surface area (Å²) in [5.74, 6) is -0.373. The number of aromatic nitrogens is 3. The van der Waals surface area contributed by atoms with Crippen LogP contribution in [-0.4, -0.2) is 38.8 Å². The third kappa shape index (κ3) is 4.42. The zero-order valence-electron chi connectivity index (χ0n) is 16.3. The Morgan fingerprint density at radius 2 is 1.97 bits per heavy atom. The lowest BCUT2D eigenvalue weighted by Gasteiger charge is -2.17. The highest BCUT2D eigenvalue weighted by Gasteiger charge is 2.27. The molecular formula is C22H21F2N5O. The Morgan fingerprint density at radius 1 is 1.17 bits per heavy atom. The highest BCUT2D eigenvalue weighted by Crippen LogP contribution is 2.25. The average Bonchev–Trinajstić information content (AvgIpc) is 3.19. The first-order valence-corrected chi connectivity index (χ1v) is 9.74. The van der Waals surface area contributed by atoms with E-state index in [-0.39, 0.29) is 17.9 Å². The molecular weight excluding hydrogens is 388 g/mol. The van der Waals surface area contributed by atoms with Crippen molar-refractivity contribution in [3.05, 3.63) is 71.9 Å². The van der Waals surface area contributed by atoms with E-state index in [1.54, 1.807) is 35.5 Å². The van der Waals surface area contributed by atoms with Gasteiger partial charge in [0, 0.05) is 43.5 Å². The fraction of sp³-hybridized carbons (Fsp3) is 0.273. The minimum Gasteiger partial charge on any atom is -0.397 e. The lowest BCUT2D eigenvalue weighted by atomic mass is 10.0. The van der Waals surface area contributed by atoms with Gasteiger partial charge in [-0.3, -0.25) is 9.78 Å². The lowest BCUT2D eigenvalue weighted by molar-refractivity contribution is -0.129. The molecule has 0 unspecified atom stereocenters. The van der Waals surface area contributed by atoms with E-state index in [1.807, 2.05) is 0 Å². The van der Waals surface area contributed by atoms with Gasteiger partial charge in [-0.05, 0) is 42.7 Å². The van der Waals surface area contributed by atoms with Gasteiger partial charge in [0.2, 0.25) is 5.91 Å². The zero-order valence-corrected chi connectivity index (χ0v) is 16.3. The van der Waals surface area contributed by atoms with Gasteiger partial charge < -0.3 is 10.6 Å². The number of pyridine rings is 1. The summed E-state index contributed by atoms with van der Waals surface area (Å²) in [6.07, 6.45) is 5.06. The molecule has 6 nitrogen and oxygen atoms in total. The smallest absolute Gasteiger partial charge is 0.228 e.